The molecular formula is C14H10Cl2N2. The minimum atomic E-state index is 0.688. The fourth-order valence-corrected chi connectivity index (χ4v) is 2.38. The van der Waals surface area contributed by atoms with Crippen molar-refractivity contribution in [2.75, 3.05) is 0 Å². The number of benzene rings is 1. The summed E-state index contributed by atoms with van der Waals surface area (Å²) in [6.07, 6.45) is 5.46. The monoisotopic (exact) mass is 276 g/mol. The van der Waals surface area contributed by atoms with Crippen LogP contribution >= 0.6 is 23.2 Å². The Labute approximate surface area is 115 Å². The van der Waals surface area contributed by atoms with Crippen molar-refractivity contribution in [3.63, 3.8) is 0 Å². The summed E-state index contributed by atoms with van der Waals surface area (Å²) in [6, 6.07) is 9.86. The molecule has 0 unspecified atom stereocenters. The lowest BCUT2D eigenvalue weighted by molar-refractivity contribution is 0.835. The third kappa shape index (κ3) is 2.09. The summed E-state index contributed by atoms with van der Waals surface area (Å²) in [5.74, 6) is 0. The predicted octanol–water partition coefficient (Wildman–Crippen LogP) is 4.39. The van der Waals surface area contributed by atoms with E-state index in [1.165, 1.54) is 0 Å². The van der Waals surface area contributed by atoms with E-state index in [4.69, 9.17) is 23.2 Å². The third-order valence-corrected chi connectivity index (χ3v) is 3.51. The molecule has 18 heavy (non-hydrogen) atoms. The summed E-state index contributed by atoms with van der Waals surface area (Å²) in [5.41, 5.74) is 2.20. The molecule has 0 saturated heterocycles. The number of rotatable bonds is 2. The summed E-state index contributed by atoms with van der Waals surface area (Å²) in [4.78, 5) is 3.99. The molecule has 0 bridgehead atoms. The average Bonchev–Trinajstić information content (AvgIpc) is 2.74. The van der Waals surface area contributed by atoms with Crippen LogP contribution in [0.2, 0.25) is 10.0 Å². The molecule has 0 amide bonds. The van der Waals surface area contributed by atoms with E-state index in [9.17, 15) is 0 Å². The van der Waals surface area contributed by atoms with Gasteiger partial charge >= 0.3 is 0 Å². The second-order valence-corrected chi connectivity index (χ2v) is 4.96. The quantitative estimate of drug-likeness (QED) is 0.679. The maximum atomic E-state index is 6.12. The topological polar surface area (TPSA) is 17.8 Å². The molecule has 0 radical (unpaired) electrons. The van der Waals surface area contributed by atoms with Gasteiger partial charge in [-0.05, 0) is 35.9 Å². The van der Waals surface area contributed by atoms with Crippen LogP contribution in [0, 0.1) is 0 Å². The van der Waals surface area contributed by atoms with Crippen molar-refractivity contribution < 1.29 is 0 Å². The van der Waals surface area contributed by atoms with Gasteiger partial charge in [-0.1, -0.05) is 23.2 Å². The summed E-state index contributed by atoms with van der Waals surface area (Å²) in [5, 5.41) is 2.57. The summed E-state index contributed by atoms with van der Waals surface area (Å²) >= 11 is 12.1. The summed E-state index contributed by atoms with van der Waals surface area (Å²) in [6.45, 7) is 0.729. The van der Waals surface area contributed by atoms with E-state index in [1.807, 2.05) is 30.5 Å². The molecule has 0 spiro atoms. The van der Waals surface area contributed by atoms with Gasteiger partial charge in [0, 0.05) is 41.1 Å². The highest BCUT2D eigenvalue weighted by molar-refractivity contribution is 6.31. The molecule has 0 N–H and O–H groups in total. The van der Waals surface area contributed by atoms with Crippen LogP contribution in [-0.4, -0.2) is 9.55 Å². The van der Waals surface area contributed by atoms with Crippen molar-refractivity contribution in [3.05, 3.63) is 64.5 Å². The maximum absolute atomic E-state index is 6.12. The average molecular weight is 277 g/mol. The lowest BCUT2D eigenvalue weighted by Gasteiger charge is -2.07. The van der Waals surface area contributed by atoms with Gasteiger partial charge in [0.2, 0.25) is 0 Å². The van der Waals surface area contributed by atoms with Crippen LogP contribution < -0.4 is 0 Å². The Morgan fingerprint density at radius 1 is 1.11 bits per heavy atom. The standard InChI is InChI=1S/C14H10Cl2N2/c15-12-1-2-14-10(7-12)4-6-18(14)9-11-3-5-17-8-13(11)16/h1-8H,9H2. The van der Waals surface area contributed by atoms with Crippen LogP contribution in [0.1, 0.15) is 5.56 Å². The Morgan fingerprint density at radius 2 is 2.00 bits per heavy atom. The van der Waals surface area contributed by atoms with Gasteiger partial charge < -0.3 is 4.57 Å². The normalized spacial score (nSPS) is 11.0. The SMILES string of the molecule is Clc1ccc2c(ccn2Cc2ccncc2Cl)c1. The molecule has 2 aromatic heterocycles. The Kier molecular flexibility index (Phi) is 2.98. The molecular weight excluding hydrogens is 267 g/mol. The van der Waals surface area contributed by atoms with Crippen LogP contribution in [0.4, 0.5) is 0 Å². The third-order valence-electron chi connectivity index (χ3n) is 2.93. The second kappa shape index (κ2) is 4.63. The van der Waals surface area contributed by atoms with Gasteiger partial charge in [-0.3, -0.25) is 4.98 Å². The van der Waals surface area contributed by atoms with E-state index in [0.29, 0.717) is 5.02 Å². The van der Waals surface area contributed by atoms with Gasteiger partial charge in [0.25, 0.3) is 0 Å². The van der Waals surface area contributed by atoms with Crippen molar-refractivity contribution in [1.82, 2.24) is 9.55 Å². The molecule has 3 rings (SSSR count). The molecule has 4 heteroatoms. The number of pyridine rings is 1. The smallest absolute Gasteiger partial charge is 0.0639 e. The molecule has 1 aromatic carbocycles. The van der Waals surface area contributed by atoms with E-state index in [2.05, 4.69) is 15.6 Å². The molecule has 0 aliphatic carbocycles. The van der Waals surface area contributed by atoms with Crippen LogP contribution in [0.3, 0.4) is 0 Å². The maximum Gasteiger partial charge on any atom is 0.0639 e. The number of hydrogen-bond donors (Lipinski definition) is 0. The van der Waals surface area contributed by atoms with Crippen molar-refractivity contribution in [2.24, 2.45) is 0 Å². The first kappa shape index (κ1) is 11.6. The molecule has 0 fully saturated rings. The van der Waals surface area contributed by atoms with Crippen molar-refractivity contribution >= 4 is 34.1 Å². The Bertz CT molecular complexity index is 704. The Morgan fingerprint density at radius 3 is 2.83 bits per heavy atom. The van der Waals surface area contributed by atoms with Crippen LogP contribution in [0.5, 0.6) is 0 Å². The first-order valence-corrected chi connectivity index (χ1v) is 6.32. The van der Waals surface area contributed by atoms with E-state index < -0.39 is 0 Å². The summed E-state index contributed by atoms with van der Waals surface area (Å²) < 4.78 is 2.15. The lowest BCUT2D eigenvalue weighted by Crippen LogP contribution is -1.98. The zero-order valence-electron chi connectivity index (χ0n) is 9.48. The zero-order valence-corrected chi connectivity index (χ0v) is 11.0. The van der Waals surface area contributed by atoms with Crippen molar-refractivity contribution in [1.29, 1.82) is 0 Å². The predicted molar refractivity (Wildman–Crippen MR) is 75.3 cm³/mol. The summed E-state index contributed by atoms with van der Waals surface area (Å²) in [7, 11) is 0. The van der Waals surface area contributed by atoms with Gasteiger partial charge in [0.15, 0.2) is 0 Å². The van der Waals surface area contributed by atoms with Gasteiger partial charge in [0.1, 0.15) is 0 Å². The fourth-order valence-electron chi connectivity index (χ4n) is 2.02. The molecule has 0 aliphatic rings. The molecule has 90 valence electrons. The zero-order chi connectivity index (χ0) is 12.5. The minimum Gasteiger partial charge on any atom is -0.343 e. The minimum absolute atomic E-state index is 0.688. The van der Waals surface area contributed by atoms with Crippen molar-refractivity contribution in [3.8, 4) is 0 Å². The van der Waals surface area contributed by atoms with Gasteiger partial charge in [-0.15, -0.1) is 0 Å². The van der Waals surface area contributed by atoms with Crippen molar-refractivity contribution in [2.45, 2.75) is 6.54 Å². The van der Waals surface area contributed by atoms with Gasteiger partial charge in [0.05, 0.1) is 5.02 Å². The molecule has 0 aliphatic heterocycles. The van der Waals surface area contributed by atoms with Crippen LogP contribution in [0.25, 0.3) is 10.9 Å². The number of hydrogen-bond acceptors (Lipinski definition) is 1. The van der Waals surface area contributed by atoms with E-state index >= 15 is 0 Å². The Balaban J connectivity index is 2.03. The van der Waals surface area contributed by atoms with Gasteiger partial charge in [-0.25, -0.2) is 0 Å². The first-order chi connectivity index (χ1) is 8.74. The first-order valence-electron chi connectivity index (χ1n) is 5.57. The van der Waals surface area contributed by atoms with Crippen LogP contribution in [-0.2, 0) is 6.54 Å². The number of aromatic nitrogens is 2. The molecule has 2 heterocycles. The van der Waals surface area contributed by atoms with E-state index in [-0.39, 0.29) is 0 Å². The Hall–Kier alpha value is -1.51. The van der Waals surface area contributed by atoms with E-state index in [0.717, 1.165) is 28.0 Å². The number of fused-ring (bicyclic) bond motifs is 1. The van der Waals surface area contributed by atoms with Crippen LogP contribution in [0.15, 0.2) is 48.9 Å². The highest BCUT2D eigenvalue weighted by Gasteiger charge is 2.04. The highest BCUT2D eigenvalue weighted by atomic mass is 35.5. The molecule has 3 aromatic rings. The lowest BCUT2D eigenvalue weighted by atomic mass is 10.2. The number of nitrogens with zero attached hydrogens (tertiary/aromatic N) is 2. The largest absolute Gasteiger partial charge is 0.343 e. The molecule has 0 atom stereocenters. The van der Waals surface area contributed by atoms with Gasteiger partial charge in [-0.2, -0.15) is 0 Å². The highest BCUT2D eigenvalue weighted by Crippen LogP contribution is 2.23. The number of halogens is 2. The van der Waals surface area contributed by atoms with E-state index in [1.54, 1.807) is 12.4 Å². The molecule has 0 saturated carbocycles. The second-order valence-electron chi connectivity index (χ2n) is 4.11. The fraction of sp³-hybridized carbons (Fsp3) is 0.0714. The molecule has 2 nitrogen and oxygen atoms in total.